The van der Waals surface area contributed by atoms with Crippen molar-refractivity contribution in [3.05, 3.63) is 5.82 Å². The van der Waals surface area contributed by atoms with Gasteiger partial charge in [0.15, 0.2) is 5.82 Å². The Labute approximate surface area is 113 Å². The van der Waals surface area contributed by atoms with Gasteiger partial charge in [-0.1, -0.05) is 0 Å². The van der Waals surface area contributed by atoms with Crippen LogP contribution < -0.4 is 10.2 Å². The Morgan fingerprint density at radius 2 is 2.00 bits per heavy atom. The Bertz CT molecular complexity index is 374. The van der Waals surface area contributed by atoms with E-state index in [1.54, 1.807) is 7.11 Å². The van der Waals surface area contributed by atoms with E-state index in [1.165, 1.54) is 0 Å². The number of methoxy groups -OCH3 is 1. The number of H-pyrrole nitrogens is 1. The van der Waals surface area contributed by atoms with Gasteiger partial charge in [-0.3, -0.25) is 5.10 Å². The largest absolute Gasteiger partial charge is 0.382 e. The van der Waals surface area contributed by atoms with Crippen molar-refractivity contribution in [1.82, 2.24) is 20.5 Å². The highest BCUT2D eigenvalue weighted by molar-refractivity contribution is 5.30. The van der Waals surface area contributed by atoms with Crippen LogP contribution in [0.4, 0.5) is 5.95 Å². The fourth-order valence-corrected chi connectivity index (χ4v) is 2.29. The van der Waals surface area contributed by atoms with Crippen molar-refractivity contribution < 1.29 is 9.47 Å². The van der Waals surface area contributed by atoms with Crippen LogP contribution in [0.3, 0.4) is 0 Å². The number of ether oxygens (including phenoxy) is 2. The van der Waals surface area contributed by atoms with Gasteiger partial charge in [0.1, 0.15) is 6.61 Å². The average Bonchev–Trinajstić information content (AvgIpc) is 2.82. The first kappa shape index (κ1) is 14.2. The Morgan fingerprint density at radius 3 is 2.68 bits per heavy atom. The maximum Gasteiger partial charge on any atom is 0.244 e. The normalized spacial score (nSPS) is 23.8. The Hall–Kier alpha value is -1.18. The Balaban J connectivity index is 1.85. The summed E-state index contributed by atoms with van der Waals surface area (Å²) in [4.78, 5) is 6.66. The molecule has 19 heavy (non-hydrogen) atoms. The zero-order valence-electron chi connectivity index (χ0n) is 11.8. The molecule has 1 aliphatic rings. The van der Waals surface area contributed by atoms with E-state index in [-0.39, 0.29) is 0 Å². The van der Waals surface area contributed by atoms with Crippen LogP contribution in [-0.2, 0) is 16.1 Å². The van der Waals surface area contributed by atoms with Crippen molar-refractivity contribution in [3.8, 4) is 0 Å². The van der Waals surface area contributed by atoms with E-state index >= 15 is 0 Å². The van der Waals surface area contributed by atoms with Crippen LogP contribution in [0.5, 0.6) is 0 Å². The van der Waals surface area contributed by atoms with Gasteiger partial charge in [-0.25, -0.2) is 0 Å². The molecule has 0 aliphatic carbocycles. The van der Waals surface area contributed by atoms with Gasteiger partial charge >= 0.3 is 0 Å². The minimum Gasteiger partial charge on any atom is -0.382 e. The van der Waals surface area contributed by atoms with E-state index in [0.29, 0.717) is 31.9 Å². The first-order chi connectivity index (χ1) is 9.19. The van der Waals surface area contributed by atoms with Crippen molar-refractivity contribution in [2.24, 2.45) is 0 Å². The molecular formula is C12H23N5O2. The van der Waals surface area contributed by atoms with Crippen molar-refractivity contribution in [2.45, 2.75) is 32.5 Å². The van der Waals surface area contributed by atoms with Crippen molar-refractivity contribution in [2.75, 3.05) is 38.3 Å². The van der Waals surface area contributed by atoms with Gasteiger partial charge in [0.2, 0.25) is 5.95 Å². The zero-order chi connectivity index (χ0) is 13.7. The molecule has 2 rings (SSSR count). The lowest BCUT2D eigenvalue weighted by atomic mass is 10.1. The fourth-order valence-electron chi connectivity index (χ4n) is 2.29. The van der Waals surface area contributed by atoms with Crippen molar-refractivity contribution >= 4 is 5.95 Å². The molecule has 0 radical (unpaired) electrons. The minimum absolute atomic E-state index is 0.438. The van der Waals surface area contributed by atoms with E-state index in [2.05, 4.69) is 39.2 Å². The Morgan fingerprint density at radius 1 is 1.26 bits per heavy atom. The lowest BCUT2D eigenvalue weighted by molar-refractivity contribution is 0.0587. The summed E-state index contributed by atoms with van der Waals surface area (Å²) in [6.45, 7) is 7.78. The third-order valence-corrected chi connectivity index (χ3v) is 3.03. The predicted molar refractivity (Wildman–Crippen MR) is 72.2 cm³/mol. The Kier molecular flexibility index (Phi) is 5.12. The van der Waals surface area contributed by atoms with E-state index in [1.807, 2.05) is 0 Å². The van der Waals surface area contributed by atoms with Gasteiger partial charge in [-0.2, -0.15) is 4.98 Å². The lowest BCUT2D eigenvalue weighted by Crippen LogP contribution is -2.54. The second-order valence-corrected chi connectivity index (χ2v) is 5.00. The lowest BCUT2D eigenvalue weighted by Gasteiger charge is -2.35. The molecule has 1 saturated heterocycles. The van der Waals surface area contributed by atoms with Gasteiger partial charge in [-0.15, -0.1) is 5.10 Å². The summed E-state index contributed by atoms with van der Waals surface area (Å²) < 4.78 is 10.3. The second-order valence-electron chi connectivity index (χ2n) is 5.00. The highest BCUT2D eigenvalue weighted by Crippen LogP contribution is 2.12. The molecule has 0 spiro atoms. The molecular weight excluding hydrogens is 246 g/mol. The van der Waals surface area contributed by atoms with Gasteiger partial charge in [0.25, 0.3) is 0 Å². The maximum absolute atomic E-state index is 5.41. The highest BCUT2D eigenvalue weighted by atomic mass is 16.5. The standard InChI is InChI=1S/C12H23N5O2/c1-9-6-17(7-10(2)13-9)12-14-11(15-16-12)8-19-5-4-18-3/h9-10,13H,4-8H2,1-3H3,(H,14,15,16). The summed E-state index contributed by atoms with van der Waals surface area (Å²) in [6.07, 6.45) is 0. The molecule has 2 heterocycles. The third-order valence-electron chi connectivity index (χ3n) is 3.03. The number of hydrogen-bond acceptors (Lipinski definition) is 6. The van der Waals surface area contributed by atoms with Gasteiger partial charge < -0.3 is 19.7 Å². The molecule has 0 bridgehead atoms. The molecule has 2 atom stereocenters. The maximum atomic E-state index is 5.41. The second kappa shape index (κ2) is 6.83. The van der Waals surface area contributed by atoms with Crippen LogP contribution >= 0.6 is 0 Å². The monoisotopic (exact) mass is 269 g/mol. The smallest absolute Gasteiger partial charge is 0.244 e. The van der Waals surface area contributed by atoms with E-state index in [9.17, 15) is 0 Å². The number of nitrogens with zero attached hydrogens (tertiary/aromatic N) is 3. The number of anilines is 1. The van der Waals surface area contributed by atoms with Crippen LogP contribution in [0.15, 0.2) is 0 Å². The number of rotatable bonds is 6. The number of nitrogens with one attached hydrogen (secondary N) is 2. The molecule has 1 aliphatic heterocycles. The fraction of sp³-hybridized carbons (Fsp3) is 0.833. The third kappa shape index (κ3) is 4.15. The number of aromatic amines is 1. The first-order valence-electron chi connectivity index (χ1n) is 6.68. The summed E-state index contributed by atoms with van der Waals surface area (Å²) >= 11 is 0. The van der Waals surface area contributed by atoms with Crippen LogP contribution in [-0.4, -0.2) is 60.7 Å². The summed E-state index contributed by atoms with van der Waals surface area (Å²) in [5.74, 6) is 1.51. The number of aromatic nitrogens is 3. The van der Waals surface area contributed by atoms with Crippen LogP contribution in [0.1, 0.15) is 19.7 Å². The van der Waals surface area contributed by atoms with Crippen LogP contribution in [0.2, 0.25) is 0 Å². The molecule has 7 heteroatoms. The summed E-state index contributed by atoms with van der Waals surface area (Å²) in [5.41, 5.74) is 0. The summed E-state index contributed by atoms with van der Waals surface area (Å²) in [5, 5.41) is 10.7. The van der Waals surface area contributed by atoms with E-state index < -0.39 is 0 Å². The number of piperazine rings is 1. The SMILES string of the molecule is COCCOCc1nc(N2CC(C)NC(C)C2)n[nH]1. The topological polar surface area (TPSA) is 75.3 Å². The van der Waals surface area contributed by atoms with Gasteiger partial charge in [0.05, 0.1) is 13.2 Å². The molecule has 1 fully saturated rings. The molecule has 0 saturated carbocycles. The summed E-state index contributed by atoms with van der Waals surface area (Å²) in [6, 6.07) is 0.896. The molecule has 2 unspecified atom stereocenters. The highest BCUT2D eigenvalue weighted by Gasteiger charge is 2.23. The quantitative estimate of drug-likeness (QED) is 0.716. The molecule has 0 amide bonds. The predicted octanol–water partition coefficient (Wildman–Crippen LogP) is 0.154. The zero-order valence-corrected chi connectivity index (χ0v) is 11.8. The van der Waals surface area contributed by atoms with E-state index in [0.717, 1.165) is 24.9 Å². The van der Waals surface area contributed by atoms with Crippen LogP contribution in [0.25, 0.3) is 0 Å². The van der Waals surface area contributed by atoms with E-state index in [4.69, 9.17) is 9.47 Å². The molecule has 7 nitrogen and oxygen atoms in total. The first-order valence-corrected chi connectivity index (χ1v) is 6.68. The molecule has 1 aromatic rings. The molecule has 1 aromatic heterocycles. The molecule has 0 aromatic carbocycles. The van der Waals surface area contributed by atoms with Crippen molar-refractivity contribution in [1.29, 1.82) is 0 Å². The van der Waals surface area contributed by atoms with Gasteiger partial charge in [-0.05, 0) is 13.8 Å². The molecule has 108 valence electrons. The number of hydrogen-bond donors (Lipinski definition) is 2. The average molecular weight is 269 g/mol. The van der Waals surface area contributed by atoms with Crippen LogP contribution in [0, 0.1) is 0 Å². The summed E-state index contributed by atoms with van der Waals surface area (Å²) in [7, 11) is 1.66. The minimum atomic E-state index is 0.438. The van der Waals surface area contributed by atoms with Crippen molar-refractivity contribution in [3.63, 3.8) is 0 Å². The molecule has 2 N–H and O–H groups in total. The van der Waals surface area contributed by atoms with Gasteiger partial charge in [0, 0.05) is 32.3 Å².